The molecule has 1 aromatic heterocycles. The molecule has 4 heteroatoms. The number of hydrogen-bond acceptors (Lipinski definition) is 2. The Morgan fingerprint density at radius 1 is 0.769 bits per heavy atom. The van der Waals surface area contributed by atoms with Gasteiger partial charge in [0.25, 0.3) is 0 Å². The zero-order chi connectivity index (χ0) is 17.8. The van der Waals surface area contributed by atoms with Gasteiger partial charge >= 0.3 is 0 Å². The van der Waals surface area contributed by atoms with E-state index in [0.717, 1.165) is 32.3 Å². The molecule has 0 aliphatic heterocycles. The maximum Gasteiger partial charge on any atom is 0.178 e. The highest BCUT2D eigenvalue weighted by Crippen LogP contribution is 2.41. The fourth-order valence-corrected chi connectivity index (χ4v) is 3.48. The molecule has 26 heavy (non-hydrogen) atoms. The van der Waals surface area contributed by atoms with Crippen LogP contribution in [0.25, 0.3) is 10.9 Å². The molecule has 1 heterocycles. The molecular formula is C22H18BrNO2. The minimum atomic E-state index is 0.480. The lowest BCUT2D eigenvalue weighted by Crippen LogP contribution is -2.01. The van der Waals surface area contributed by atoms with Crippen LogP contribution in [0.1, 0.15) is 11.1 Å². The van der Waals surface area contributed by atoms with Crippen molar-refractivity contribution in [1.82, 2.24) is 4.98 Å². The second kappa shape index (κ2) is 7.67. The fraction of sp³-hybridized carbons (Fsp3) is 0.0909. The van der Waals surface area contributed by atoms with E-state index in [1.54, 1.807) is 0 Å². The van der Waals surface area contributed by atoms with Crippen LogP contribution in [0.4, 0.5) is 0 Å². The lowest BCUT2D eigenvalue weighted by atomic mass is 10.2. The van der Waals surface area contributed by atoms with Gasteiger partial charge in [-0.3, -0.25) is 0 Å². The van der Waals surface area contributed by atoms with Gasteiger partial charge in [-0.25, -0.2) is 0 Å². The molecule has 0 fully saturated rings. The summed E-state index contributed by atoms with van der Waals surface area (Å²) in [5.74, 6) is 1.43. The van der Waals surface area contributed by atoms with E-state index in [1.807, 2.05) is 79.0 Å². The molecule has 0 saturated heterocycles. The summed E-state index contributed by atoms with van der Waals surface area (Å²) in [5, 5.41) is 1.08. The van der Waals surface area contributed by atoms with Crippen LogP contribution in [0.15, 0.2) is 83.5 Å². The number of fused-ring (bicyclic) bond motifs is 1. The van der Waals surface area contributed by atoms with E-state index in [0.29, 0.717) is 19.0 Å². The normalized spacial score (nSPS) is 10.8. The number of nitrogens with one attached hydrogen (secondary N) is 1. The van der Waals surface area contributed by atoms with Crippen molar-refractivity contribution in [2.75, 3.05) is 0 Å². The highest BCUT2D eigenvalue weighted by Gasteiger charge is 2.16. The summed E-state index contributed by atoms with van der Waals surface area (Å²) in [7, 11) is 0. The van der Waals surface area contributed by atoms with Gasteiger partial charge in [0, 0.05) is 11.6 Å². The smallest absolute Gasteiger partial charge is 0.178 e. The van der Waals surface area contributed by atoms with Crippen LogP contribution in [-0.4, -0.2) is 4.98 Å². The first-order valence-corrected chi connectivity index (χ1v) is 9.23. The molecule has 0 amide bonds. The Balaban J connectivity index is 1.63. The van der Waals surface area contributed by atoms with E-state index < -0.39 is 0 Å². The lowest BCUT2D eigenvalue weighted by molar-refractivity contribution is 0.255. The largest absolute Gasteiger partial charge is 0.485 e. The fourth-order valence-electron chi connectivity index (χ4n) is 2.83. The minimum Gasteiger partial charge on any atom is -0.485 e. The molecule has 3 nitrogen and oxygen atoms in total. The van der Waals surface area contributed by atoms with Gasteiger partial charge in [-0.2, -0.15) is 0 Å². The number of hydrogen-bond donors (Lipinski definition) is 1. The van der Waals surface area contributed by atoms with Gasteiger partial charge in [-0.05, 0) is 39.2 Å². The van der Waals surface area contributed by atoms with Gasteiger partial charge < -0.3 is 14.5 Å². The van der Waals surface area contributed by atoms with Crippen LogP contribution < -0.4 is 9.47 Å². The zero-order valence-corrected chi connectivity index (χ0v) is 15.7. The molecule has 1 N–H and O–H groups in total. The zero-order valence-electron chi connectivity index (χ0n) is 14.1. The highest BCUT2D eigenvalue weighted by molar-refractivity contribution is 9.10. The van der Waals surface area contributed by atoms with Gasteiger partial charge in [-0.1, -0.05) is 60.7 Å². The van der Waals surface area contributed by atoms with Crippen molar-refractivity contribution in [2.45, 2.75) is 13.2 Å². The average molecular weight is 408 g/mol. The van der Waals surface area contributed by atoms with Gasteiger partial charge in [0.2, 0.25) is 0 Å². The Kier molecular flexibility index (Phi) is 4.93. The van der Waals surface area contributed by atoms with Crippen molar-refractivity contribution in [3.8, 4) is 11.5 Å². The van der Waals surface area contributed by atoms with Crippen molar-refractivity contribution in [3.63, 3.8) is 0 Å². The van der Waals surface area contributed by atoms with Gasteiger partial charge in [0.1, 0.15) is 13.2 Å². The second-order valence-corrected chi connectivity index (χ2v) is 6.80. The van der Waals surface area contributed by atoms with E-state index in [4.69, 9.17) is 9.47 Å². The van der Waals surface area contributed by atoms with E-state index in [2.05, 4.69) is 20.9 Å². The topological polar surface area (TPSA) is 34.2 Å². The number of benzene rings is 3. The SMILES string of the molecule is Brc1c(OCc2ccccc2)c(OCc2ccccc2)cc2cc[nH]c12. The molecule has 0 atom stereocenters. The van der Waals surface area contributed by atoms with Crippen LogP contribution >= 0.6 is 15.9 Å². The first kappa shape index (κ1) is 16.7. The summed E-state index contributed by atoms with van der Waals surface area (Å²) in [5.41, 5.74) is 3.23. The van der Waals surface area contributed by atoms with E-state index in [1.165, 1.54) is 0 Å². The molecule has 0 bridgehead atoms. The van der Waals surface area contributed by atoms with E-state index in [-0.39, 0.29) is 0 Å². The van der Waals surface area contributed by atoms with Crippen molar-refractivity contribution in [1.29, 1.82) is 0 Å². The summed E-state index contributed by atoms with van der Waals surface area (Å²) in [4.78, 5) is 3.25. The first-order valence-electron chi connectivity index (χ1n) is 8.44. The molecule has 3 aromatic carbocycles. The molecule has 0 radical (unpaired) electrons. The average Bonchev–Trinajstić information content (AvgIpc) is 3.16. The number of rotatable bonds is 6. The van der Waals surface area contributed by atoms with Gasteiger partial charge in [0.05, 0.1) is 9.99 Å². The molecule has 0 unspecified atom stereocenters. The summed E-state index contributed by atoms with van der Waals surface area (Å²) < 4.78 is 13.1. The predicted octanol–water partition coefficient (Wildman–Crippen LogP) is 6.09. The summed E-state index contributed by atoms with van der Waals surface area (Å²) in [6.07, 6.45) is 1.91. The van der Waals surface area contributed by atoms with Crippen molar-refractivity contribution >= 4 is 26.8 Å². The third-order valence-corrected chi connectivity index (χ3v) is 4.93. The maximum atomic E-state index is 6.13. The number of ether oxygens (including phenoxy) is 2. The molecule has 0 saturated carbocycles. The summed E-state index contributed by atoms with van der Waals surface area (Å²) in [6, 6.07) is 24.3. The van der Waals surface area contributed by atoms with E-state index in [9.17, 15) is 0 Å². The van der Waals surface area contributed by atoms with E-state index >= 15 is 0 Å². The van der Waals surface area contributed by atoms with Crippen LogP contribution in [-0.2, 0) is 13.2 Å². The predicted molar refractivity (Wildman–Crippen MR) is 108 cm³/mol. The Hall–Kier alpha value is -2.72. The Morgan fingerprint density at radius 2 is 1.38 bits per heavy atom. The summed E-state index contributed by atoms with van der Waals surface area (Å²) >= 11 is 3.68. The maximum absolute atomic E-state index is 6.13. The van der Waals surface area contributed by atoms with Crippen molar-refractivity contribution in [2.24, 2.45) is 0 Å². The third kappa shape index (κ3) is 3.60. The number of halogens is 1. The third-order valence-electron chi connectivity index (χ3n) is 4.17. The standard InChI is InChI=1S/C22H18BrNO2/c23-20-21-18(11-12-24-21)13-19(25-14-16-7-3-1-4-8-16)22(20)26-15-17-9-5-2-6-10-17/h1-13,24H,14-15H2. The second-order valence-electron chi connectivity index (χ2n) is 6.01. The molecule has 0 aliphatic rings. The molecule has 4 aromatic rings. The highest BCUT2D eigenvalue weighted by atomic mass is 79.9. The molecular weight excluding hydrogens is 390 g/mol. The van der Waals surface area contributed by atoms with Gasteiger partial charge in [-0.15, -0.1) is 0 Å². The van der Waals surface area contributed by atoms with Crippen molar-refractivity contribution in [3.05, 3.63) is 94.6 Å². The van der Waals surface area contributed by atoms with Crippen LogP contribution in [0.5, 0.6) is 11.5 Å². The first-order chi connectivity index (χ1) is 12.8. The number of aromatic nitrogens is 1. The number of H-pyrrole nitrogens is 1. The molecule has 4 rings (SSSR count). The Labute approximate surface area is 160 Å². The monoisotopic (exact) mass is 407 g/mol. The minimum absolute atomic E-state index is 0.480. The quantitative estimate of drug-likeness (QED) is 0.419. The molecule has 130 valence electrons. The number of aromatic amines is 1. The van der Waals surface area contributed by atoms with Crippen LogP contribution in [0.3, 0.4) is 0 Å². The Morgan fingerprint density at radius 3 is 2.04 bits per heavy atom. The molecule has 0 aliphatic carbocycles. The van der Waals surface area contributed by atoms with Crippen LogP contribution in [0.2, 0.25) is 0 Å². The van der Waals surface area contributed by atoms with Crippen molar-refractivity contribution < 1.29 is 9.47 Å². The summed E-state index contributed by atoms with van der Waals surface area (Å²) in [6.45, 7) is 0.970. The molecule has 0 spiro atoms. The van der Waals surface area contributed by atoms with Gasteiger partial charge in [0.15, 0.2) is 11.5 Å². The Bertz CT molecular complexity index is 997. The lowest BCUT2D eigenvalue weighted by Gasteiger charge is -2.15. The van der Waals surface area contributed by atoms with Crippen LogP contribution in [0, 0.1) is 0 Å².